The Labute approximate surface area is 208 Å². The molecule has 3 N–H and O–H groups in total. The molecular weight excluding hydrogens is 471 g/mol. The molecule has 182 valence electrons. The largest absolute Gasteiger partial charge is 0.354 e. The van der Waals surface area contributed by atoms with Crippen LogP contribution in [0.4, 0.5) is 27.5 Å². The summed E-state index contributed by atoms with van der Waals surface area (Å²) in [6.07, 6.45) is 3.32. The zero-order valence-electron chi connectivity index (χ0n) is 19.4. The fourth-order valence-corrected chi connectivity index (χ4v) is 3.32. The maximum atomic E-state index is 14.4. The second kappa shape index (κ2) is 11.9. The molecule has 3 aromatic rings. The normalized spacial score (nSPS) is 10.4. The number of halogens is 2. The van der Waals surface area contributed by atoms with Gasteiger partial charge in [0.25, 0.3) is 5.91 Å². The van der Waals surface area contributed by atoms with Gasteiger partial charge in [-0.15, -0.1) is 0 Å². The summed E-state index contributed by atoms with van der Waals surface area (Å²) in [4.78, 5) is 33.7. The third-order valence-corrected chi connectivity index (χ3v) is 5.31. The summed E-state index contributed by atoms with van der Waals surface area (Å²) in [5.74, 6) is -0.478. The number of aromatic nitrogens is 2. The molecule has 2 amide bonds. The number of aryl methyl sites for hydroxylation is 1. The van der Waals surface area contributed by atoms with Gasteiger partial charge >= 0.3 is 0 Å². The maximum absolute atomic E-state index is 14.4. The van der Waals surface area contributed by atoms with E-state index in [2.05, 4.69) is 32.5 Å². The molecule has 10 heteroatoms. The van der Waals surface area contributed by atoms with Crippen LogP contribution in [0, 0.1) is 12.7 Å². The Morgan fingerprint density at radius 1 is 1.17 bits per heavy atom. The van der Waals surface area contributed by atoms with E-state index >= 15 is 0 Å². The second-order valence-corrected chi connectivity index (χ2v) is 8.09. The number of nitrogens with zero attached hydrogens (tertiary/aromatic N) is 3. The van der Waals surface area contributed by atoms with Crippen LogP contribution in [-0.2, 0) is 4.79 Å². The zero-order chi connectivity index (χ0) is 25.4. The summed E-state index contributed by atoms with van der Waals surface area (Å²) in [7, 11) is 1.43. The van der Waals surface area contributed by atoms with E-state index in [-0.39, 0.29) is 16.6 Å². The van der Waals surface area contributed by atoms with Crippen molar-refractivity contribution in [1.82, 2.24) is 15.3 Å². The van der Waals surface area contributed by atoms with Crippen molar-refractivity contribution in [3.63, 3.8) is 0 Å². The first-order valence-electron chi connectivity index (χ1n) is 10.9. The van der Waals surface area contributed by atoms with Gasteiger partial charge in [-0.2, -0.15) is 4.98 Å². The molecule has 0 saturated heterocycles. The number of anilines is 4. The van der Waals surface area contributed by atoms with Gasteiger partial charge in [-0.1, -0.05) is 35.9 Å². The Bertz CT molecular complexity index is 1220. The Balaban J connectivity index is 1.55. The van der Waals surface area contributed by atoms with Crippen molar-refractivity contribution in [2.45, 2.75) is 13.3 Å². The number of hydrogen-bond donors (Lipinski definition) is 3. The lowest BCUT2D eigenvalue weighted by Gasteiger charge is -2.18. The fraction of sp³-hybridized carbons (Fsp3) is 0.200. The number of nitrogens with one attached hydrogen (secondary N) is 3. The first-order chi connectivity index (χ1) is 16.8. The quantitative estimate of drug-likeness (QED) is 0.278. The van der Waals surface area contributed by atoms with Crippen LogP contribution >= 0.6 is 11.6 Å². The second-order valence-electron chi connectivity index (χ2n) is 7.69. The van der Waals surface area contributed by atoms with Crippen LogP contribution in [0.1, 0.15) is 22.3 Å². The predicted octanol–water partition coefficient (Wildman–Crippen LogP) is 4.70. The van der Waals surface area contributed by atoms with Crippen molar-refractivity contribution < 1.29 is 14.0 Å². The SMILES string of the molecule is C=CC(=O)N(C)c1cc(Nc2ccnc(NCCCNC(=O)c3ccc(C)cc3)n2)cc(Cl)c1F. The topological polar surface area (TPSA) is 99.3 Å². The Hall–Kier alpha value is -3.98. The monoisotopic (exact) mass is 496 g/mol. The van der Waals surface area contributed by atoms with E-state index in [4.69, 9.17) is 11.6 Å². The Morgan fingerprint density at radius 3 is 2.63 bits per heavy atom. The van der Waals surface area contributed by atoms with Crippen molar-refractivity contribution in [1.29, 1.82) is 0 Å². The predicted molar refractivity (Wildman–Crippen MR) is 137 cm³/mol. The lowest BCUT2D eigenvalue weighted by Crippen LogP contribution is -2.25. The van der Waals surface area contributed by atoms with E-state index in [0.29, 0.717) is 42.5 Å². The lowest BCUT2D eigenvalue weighted by molar-refractivity contribution is -0.113. The number of carbonyl (C=O) groups is 2. The minimum atomic E-state index is -0.713. The molecule has 0 fully saturated rings. The van der Waals surface area contributed by atoms with Gasteiger partial charge in [0, 0.05) is 37.6 Å². The van der Waals surface area contributed by atoms with E-state index in [1.54, 1.807) is 24.4 Å². The molecule has 1 aromatic heterocycles. The molecule has 3 rings (SSSR count). The van der Waals surface area contributed by atoms with Gasteiger partial charge in [-0.25, -0.2) is 9.37 Å². The van der Waals surface area contributed by atoms with Crippen LogP contribution in [0.2, 0.25) is 5.02 Å². The molecule has 0 atom stereocenters. The number of rotatable bonds is 10. The molecule has 2 aromatic carbocycles. The first-order valence-corrected chi connectivity index (χ1v) is 11.2. The zero-order valence-corrected chi connectivity index (χ0v) is 20.2. The van der Waals surface area contributed by atoms with Crippen LogP contribution in [0.15, 0.2) is 61.3 Å². The molecule has 0 aliphatic rings. The van der Waals surface area contributed by atoms with Crippen molar-refractivity contribution in [3.05, 3.63) is 83.3 Å². The highest BCUT2D eigenvalue weighted by Gasteiger charge is 2.17. The summed E-state index contributed by atoms with van der Waals surface area (Å²) in [6, 6.07) is 11.9. The van der Waals surface area contributed by atoms with Gasteiger partial charge in [-0.05, 0) is 49.8 Å². The number of likely N-dealkylation sites (N-methyl/N-ethyl adjacent to an activating group) is 1. The lowest BCUT2D eigenvalue weighted by atomic mass is 10.1. The summed E-state index contributed by atoms with van der Waals surface area (Å²) in [5.41, 5.74) is 2.17. The molecule has 0 radical (unpaired) electrons. The van der Waals surface area contributed by atoms with Gasteiger partial charge in [-0.3, -0.25) is 9.59 Å². The third kappa shape index (κ3) is 7.00. The molecular formula is C25H26ClFN6O2. The van der Waals surface area contributed by atoms with Crippen LogP contribution in [0.3, 0.4) is 0 Å². The Morgan fingerprint density at radius 2 is 1.91 bits per heavy atom. The smallest absolute Gasteiger partial charge is 0.251 e. The molecule has 0 bridgehead atoms. The summed E-state index contributed by atoms with van der Waals surface area (Å²) < 4.78 is 14.4. The van der Waals surface area contributed by atoms with E-state index in [0.717, 1.165) is 16.5 Å². The van der Waals surface area contributed by atoms with Gasteiger partial charge < -0.3 is 20.9 Å². The van der Waals surface area contributed by atoms with Gasteiger partial charge in [0.05, 0.1) is 10.7 Å². The fourth-order valence-electron chi connectivity index (χ4n) is 3.11. The highest BCUT2D eigenvalue weighted by atomic mass is 35.5. The summed E-state index contributed by atoms with van der Waals surface area (Å²) in [5, 5.41) is 8.87. The van der Waals surface area contributed by atoms with Crippen molar-refractivity contribution in [2.24, 2.45) is 0 Å². The maximum Gasteiger partial charge on any atom is 0.251 e. The average molecular weight is 497 g/mol. The molecule has 1 heterocycles. The molecule has 0 aliphatic carbocycles. The van der Waals surface area contributed by atoms with E-state index < -0.39 is 11.7 Å². The highest BCUT2D eigenvalue weighted by molar-refractivity contribution is 6.31. The van der Waals surface area contributed by atoms with Crippen molar-refractivity contribution >= 4 is 46.6 Å². The summed E-state index contributed by atoms with van der Waals surface area (Å²) >= 11 is 6.02. The molecule has 0 unspecified atom stereocenters. The number of hydrogen-bond acceptors (Lipinski definition) is 6. The van der Waals surface area contributed by atoms with Crippen LogP contribution in [0.5, 0.6) is 0 Å². The highest BCUT2D eigenvalue weighted by Crippen LogP contribution is 2.31. The van der Waals surface area contributed by atoms with Crippen LogP contribution in [0.25, 0.3) is 0 Å². The van der Waals surface area contributed by atoms with E-state index in [1.807, 2.05) is 19.1 Å². The minimum Gasteiger partial charge on any atom is -0.354 e. The van der Waals surface area contributed by atoms with Gasteiger partial charge in [0.15, 0.2) is 5.82 Å². The number of benzene rings is 2. The molecule has 0 aliphatic heterocycles. The Kier molecular flexibility index (Phi) is 8.74. The number of amides is 2. The van der Waals surface area contributed by atoms with E-state index in [9.17, 15) is 14.0 Å². The third-order valence-electron chi connectivity index (χ3n) is 5.04. The summed E-state index contributed by atoms with van der Waals surface area (Å²) in [6.45, 7) is 6.41. The van der Waals surface area contributed by atoms with Crippen molar-refractivity contribution in [2.75, 3.05) is 35.7 Å². The average Bonchev–Trinajstić information content (AvgIpc) is 2.85. The molecule has 8 nitrogen and oxygen atoms in total. The van der Waals surface area contributed by atoms with Gasteiger partial charge in [0.2, 0.25) is 11.9 Å². The van der Waals surface area contributed by atoms with Crippen molar-refractivity contribution in [3.8, 4) is 0 Å². The van der Waals surface area contributed by atoms with Gasteiger partial charge in [0.1, 0.15) is 5.82 Å². The number of carbonyl (C=O) groups excluding carboxylic acids is 2. The van der Waals surface area contributed by atoms with Crippen LogP contribution in [-0.4, -0.2) is 41.9 Å². The first kappa shape index (κ1) is 25.6. The molecule has 0 saturated carbocycles. The molecule has 35 heavy (non-hydrogen) atoms. The standard InChI is InChI=1S/C25H26ClFN6O2/c1-4-22(34)33(3)20-15-18(14-19(26)23(20)27)31-21-10-13-30-25(32-21)29-12-5-11-28-24(35)17-8-6-16(2)7-9-17/h4,6-10,13-15H,1,5,11-12H2,2-3H3,(H,28,35)(H2,29,30,31,32). The minimum absolute atomic E-state index is 0.00462. The van der Waals surface area contributed by atoms with Crippen LogP contribution < -0.4 is 20.9 Å². The molecule has 0 spiro atoms. The van der Waals surface area contributed by atoms with E-state index in [1.165, 1.54) is 19.2 Å².